The van der Waals surface area contributed by atoms with Gasteiger partial charge in [0, 0.05) is 80.3 Å². The maximum Gasteiger partial charge on any atom is 0.255 e. The first kappa shape index (κ1) is 22.4. The van der Waals surface area contributed by atoms with Crippen molar-refractivity contribution < 1.29 is 4.79 Å². The van der Waals surface area contributed by atoms with E-state index >= 15 is 0 Å². The molecule has 2 fully saturated rings. The number of benzene rings is 2. The van der Waals surface area contributed by atoms with Crippen LogP contribution in [0.3, 0.4) is 0 Å². The lowest BCUT2D eigenvalue weighted by Crippen LogP contribution is -2.53. The molecule has 0 bridgehead atoms. The third-order valence-corrected chi connectivity index (χ3v) is 7.16. The summed E-state index contributed by atoms with van der Waals surface area (Å²) in [5, 5.41) is 3.01. The molecule has 176 valence electrons. The molecule has 6 nitrogen and oxygen atoms in total. The number of para-hydroxylation sites is 1. The van der Waals surface area contributed by atoms with Gasteiger partial charge in [0.15, 0.2) is 0 Å². The molecule has 34 heavy (non-hydrogen) atoms. The average molecular weight is 456 g/mol. The molecule has 0 radical (unpaired) electrons. The van der Waals surface area contributed by atoms with Crippen LogP contribution in [0.25, 0.3) is 0 Å². The van der Waals surface area contributed by atoms with Crippen LogP contribution in [-0.4, -0.2) is 61.1 Å². The molecule has 2 aliphatic rings. The van der Waals surface area contributed by atoms with Gasteiger partial charge in [-0.3, -0.25) is 14.7 Å². The Bertz CT molecular complexity index is 1100. The molecule has 0 unspecified atom stereocenters. The predicted octanol–water partition coefficient (Wildman–Crippen LogP) is 4.43. The fourth-order valence-corrected chi connectivity index (χ4v) is 5.22. The van der Waals surface area contributed by atoms with Crippen LogP contribution in [0.15, 0.2) is 73.1 Å². The van der Waals surface area contributed by atoms with E-state index in [4.69, 9.17) is 0 Å². The summed E-state index contributed by atoms with van der Waals surface area (Å²) in [4.78, 5) is 24.1. The van der Waals surface area contributed by atoms with Crippen LogP contribution in [0.5, 0.6) is 0 Å². The van der Waals surface area contributed by atoms with Crippen LogP contribution in [0.4, 0.5) is 17.1 Å². The molecule has 2 saturated heterocycles. The van der Waals surface area contributed by atoms with Crippen LogP contribution in [0.1, 0.15) is 28.8 Å². The molecule has 5 rings (SSSR count). The zero-order valence-corrected chi connectivity index (χ0v) is 19.9. The number of pyridine rings is 1. The van der Waals surface area contributed by atoms with Crippen molar-refractivity contribution in [2.75, 3.05) is 54.4 Å². The number of carbonyl (C=O) groups excluding carboxylic acids is 1. The van der Waals surface area contributed by atoms with Crippen molar-refractivity contribution in [2.45, 2.75) is 25.8 Å². The maximum atomic E-state index is 12.5. The van der Waals surface area contributed by atoms with Gasteiger partial charge in [0.2, 0.25) is 0 Å². The van der Waals surface area contributed by atoms with Crippen molar-refractivity contribution in [1.82, 2.24) is 9.88 Å². The smallest absolute Gasteiger partial charge is 0.255 e. The molecule has 6 heteroatoms. The number of hydrogen-bond acceptors (Lipinski definition) is 5. The highest BCUT2D eigenvalue weighted by molar-refractivity contribution is 6.04. The first-order valence-corrected chi connectivity index (χ1v) is 12.3. The topological polar surface area (TPSA) is 51.7 Å². The summed E-state index contributed by atoms with van der Waals surface area (Å²) in [6, 6.07) is 21.0. The first-order chi connectivity index (χ1) is 16.7. The van der Waals surface area contributed by atoms with E-state index in [1.807, 2.05) is 12.1 Å². The van der Waals surface area contributed by atoms with Gasteiger partial charge in [-0.1, -0.05) is 24.3 Å². The van der Waals surface area contributed by atoms with E-state index in [-0.39, 0.29) is 5.91 Å². The molecule has 3 heterocycles. The van der Waals surface area contributed by atoms with E-state index in [1.54, 1.807) is 24.5 Å². The molecule has 2 aromatic carbocycles. The molecule has 0 atom stereocenters. The summed E-state index contributed by atoms with van der Waals surface area (Å²) >= 11 is 0. The van der Waals surface area contributed by atoms with Crippen LogP contribution >= 0.6 is 0 Å². The summed E-state index contributed by atoms with van der Waals surface area (Å²) < 4.78 is 0. The van der Waals surface area contributed by atoms with Crippen molar-refractivity contribution in [2.24, 2.45) is 0 Å². The van der Waals surface area contributed by atoms with Gasteiger partial charge in [-0.05, 0) is 61.7 Å². The lowest BCUT2D eigenvalue weighted by atomic mass is 10.0. The van der Waals surface area contributed by atoms with E-state index in [0.29, 0.717) is 11.6 Å². The highest BCUT2D eigenvalue weighted by atomic mass is 16.1. The minimum absolute atomic E-state index is 0.108. The second kappa shape index (κ2) is 10.3. The van der Waals surface area contributed by atoms with Crippen molar-refractivity contribution >= 4 is 23.0 Å². The van der Waals surface area contributed by atoms with Crippen LogP contribution in [0, 0.1) is 6.92 Å². The van der Waals surface area contributed by atoms with Gasteiger partial charge in [-0.25, -0.2) is 0 Å². The molecule has 1 N–H and O–H groups in total. The van der Waals surface area contributed by atoms with E-state index in [9.17, 15) is 4.79 Å². The number of rotatable bonds is 5. The van der Waals surface area contributed by atoms with E-state index in [1.165, 1.54) is 29.8 Å². The molecule has 2 aliphatic heterocycles. The van der Waals surface area contributed by atoms with Crippen molar-refractivity contribution in [1.29, 1.82) is 0 Å². The number of amides is 1. The Morgan fingerprint density at radius 3 is 2.32 bits per heavy atom. The zero-order chi connectivity index (χ0) is 23.3. The van der Waals surface area contributed by atoms with Crippen molar-refractivity contribution in [3.63, 3.8) is 0 Å². The Morgan fingerprint density at radius 2 is 1.59 bits per heavy atom. The highest BCUT2D eigenvalue weighted by Gasteiger charge is 2.28. The quantitative estimate of drug-likeness (QED) is 0.617. The Hall–Kier alpha value is -3.38. The summed E-state index contributed by atoms with van der Waals surface area (Å²) in [6.07, 6.45) is 5.63. The molecule has 3 aromatic rings. The number of nitrogens with zero attached hydrogens (tertiary/aromatic N) is 4. The SMILES string of the molecule is Cc1ccccc1N1CCN(C2CCN(c3cccc(NC(=O)c4ccncc4)c3)CC2)CC1. The number of anilines is 3. The lowest BCUT2D eigenvalue weighted by molar-refractivity contribution is 0.102. The summed E-state index contributed by atoms with van der Waals surface area (Å²) in [5.41, 5.74) is 5.36. The summed E-state index contributed by atoms with van der Waals surface area (Å²) in [5.74, 6) is -0.108. The Morgan fingerprint density at radius 1 is 0.853 bits per heavy atom. The van der Waals surface area contributed by atoms with Gasteiger partial charge in [-0.15, -0.1) is 0 Å². The second-order valence-electron chi connectivity index (χ2n) is 9.27. The first-order valence-electron chi connectivity index (χ1n) is 12.3. The van der Waals surface area contributed by atoms with E-state index < -0.39 is 0 Å². The maximum absolute atomic E-state index is 12.5. The Labute approximate surface area is 202 Å². The van der Waals surface area contributed by atoms with Crippen LogP contribution in [-0.2, 0) is 0 Å². The fourth-order valence-electron chi connectivity index (χ4n) is 5.22. The van der Waals surface area contributed by atoms with Gasteiger partial charge >= 0.3 is 0 Å². The third kappa shape index (κ3) is 5.07. The normalized spacial score (nSPS) is 17.6. The minimum Gasteiger partial charge on any atom is -0.371 e. The van der Waals surface area contributed by atoms with Crippen molar-refractivity contribution in [3.8, 4) is 0 Å². The molecule has 0 aliphatic carbocycles. The Balaban J connectivity index is 1.14. The van der Waals surface area contributed by atoms with Gasteiger partial charge in [-0.2, -0.15) is 0 Å². The van der Waals surface area contributed by atoms with Gasteiger partial charge < -0.3 is 15.1 Å². The fraction of sp³-hybridized carbons (Fsp3) is 0.357. The number of nitrogens with one attached hydrogen (secondary N) is 1. The van der Waals surface area contributed by atoms with Crippen LogP contribution in [0.2, 0.25) is 0 Å². The number of hydrogen-bond donors (Lipinski definition) is 1. The van der Waals surface area contributed by atoms with E-state index in [2.05, 4.69) is 68.3 Å². The summed E-state index contributed by atoms with van der Waals surface area (Å²) in [7, 11) is 0. The molecule has 0 saturated carbocycles. The highest BCUT2D eigenvalue weighted by Crippen LogP contribution is 2.27. The monoisotopic (exact) mass is 455 g/mol. The largest absolute Gasteiger partial charge is 0.371 e. The number of aromatic nitrogens is 1. The lowest BCUT2D eigenvalue weighted by Gasteiger charge is -2.44. The minimum atomic E-state index is -0.108. The average Bonchev–Trinajstić information content (AvgIpc) is 2.90. The number of piperidine rings is 1. The van der Waals surface area contributed by atoms with Crippen LogP contribution < -0.4 is 15.1 Å². The Kier molecular flexibility index (Phi) is 6.77. The van der Waals surface area contributed by atoms with Gasteiger partial charge in [0.1, 0.15) is 0 Å². The third-order valence-electron chi connectivity index (χ3n) is 7.16. The van der Waals surface area contributed by atoms with Crippen molar-refractivity contribution in [3.05, 3.63) is 84.2 Å². The predicted molar refractivity (Wildman–Crippen MR) is 139 cm³/mol. The van der Waals surface area contributed by atoms with E-state index in [0.717, 1.165) is 45.0 Å². The molecule has 1 amide bonds. The standard InChI is InChI=1S/C28H33N5O/c1-22-5-2-3-8-27(22)33-19-17-32(18-20-33)25-11-15-31(16-12-25)26-7-4-6-24(21-26)30-28(34)23-9-13-29-14-10-23/h2-10,13-14,21,25H,11-12,15-20H2,1H3,(H,30,34). The number of carbonyl (C=O) groups is 1. The molecule has 0 spiro atoms. The molecular weight excluding hydrogens is 422 g/mol. The number of aryl methyl sites for hydroxylation is 1. The summed E-state index contributed by atoms with van der Waals surface area (Å²) in [6.45, 7) is 8.77. The van der Waals surface area contributed by atoms with Gasteiger partial charge in [0.05, 0.1) is 0 Å². The second-order valence-corrected chi connectivity index (χ2v) is 9.27. The zero-order valence-electron chi connectivity index (χ0n) is 19.9. The molecular formula is C28H33N5O. The van der Waals surface area contributed by atoms with Gasteiger partial charge in [0.25, 0.3) is 5.91 Å². The molecule has 1 aromatic heterocycles. The number of piperazine rings is 1.